The van der Waals surface area contributed by atoms with Gasteiger partial charge in [-0.3, -0.25) is 10.1 Å². The van der Waals surface area contributed by atoms with Crippen molar-refractivity contribution in [3.63, 3.8) is 0 Å². The number of anilines is 1. The van der Waals surface area contributed by atoms with Gasteiger partial charge in [-0.25, -0.2) is 4.98 Å². The van der Waals surface area contributed by atoms with Crippen LogP contribution in [0.4, 0.5) is 5.13 Å². The van der Waals surface area contributed by atoms with Gasteiger partial charge in [0.2, 0.25) is 5.13 Å². The van der Waals surface area contributed by atoms with E-state index in [2.05, 4.69) is 39.6 Å². The Morgan fingerprint density at radius 2 is 1.91 bits per heavy atom. The summed E-state index contributed by atoms with van der Waals surface area (Å²) < 4.78 is 0. The number of nitrogens with zero attached hydrogens (tertiary/aromatic N) is 3. The maximum atomic E-state index is 12.2. The fourth-order valence-electron chi connectivity index (χ4n) is 2.00. The zero-order valence-corrected chi connectivity index (χ0v) is 14.5. The lowest BCUT2D eigenvalue weighted by molar-refractivity contribution is 0.102. The molecule has 0 saturated heterocycles. The number of benzene rings is 1. The number of carbonyl (C=O) groups excluding carboxylic acids is 1. The van der Waals surface area contributed by atoms with Crippen LogP contribution in [0, 0.1) is 0 Å². The lowest BCUT2D eigenvalue weighted by Gasteiger charge is -1.99. The average molecular weight is 344 g/mol. The van der Waals surface area contributed by atoms with Crippen LogP contribution in [0.3, 0.4) is 0 Å². The van der Waals surface area contributed by atoms with Crippen LogP contribution in [0.5, 0.6) is 0 Å². The molecule has 1 N–H and O–H groups in total. The third-order valence-electron chi connectivity index (χ3n) is 3.34. The maximum absolute atomic E-state index is 12.2. The molecule has 23 heavy (non-hydrogen) atoms. The molecule has 2 heterocycles. The van der Waals surface area contributed by atoms with Gasteiger partial charge in [-0.1, -0.05) is 49.4 Å². The van der Waals surface area contributed by atoms with Gasteiger partial charge in [-0.2, -0.15) is 0 Å². The highest BCUT2D eigenvalue weighted by atomic mass is 32.1. The summed E-state index contributed by atoms with van der Waals surface area (Å²) in [6, 6.07) is 8.25. The Bertz CT molecular complexity index is 808. The summed E-state index contributed by atoms with van der Waals surface area (Å²) in [7, 11) is 0. The molecule has 2 aromatic heterocycles. The molecule has 0 radical (unpaired) electrons. The van der Waals surface area contributed by atoms with Crippen molar-refractivity contribution in [3.8, 4) is 10.6 Å². The van der Waals surface area contributed by atoms with Crippen LogP contribution in [0.2, 0.25) is 0 Å². The molecule has 3 rings (SSSR count). The monoisotopic (exact) mass is 344 g/mol. The molecule has 5 nitrogen and oxygen atoms in total. The fourth-order valence-corrected chi connectivity index (χ4v) is 3.48. The first-order valence-electron chi connectivity index (χ1n) is 7.38. The number of aromatic nitrogens is 3. The van der Waals surface area contributed by atoms with E-state index in [1.807, 2.05) is 19.1 Å². The molecule has 0 bridgehead atoms. The van der Waals surface area contributed by atoms with Gasteiger partial charge in [-0.05, 0) is 18.4 Å². The molecule has 0 spiro atoms. The number of hydrogen-bond donors (Lipinski definition) is 1. The normalized spacial score (nSPS) is 10.7. The Labute approximate surface area is 142 Å². The molecule has 1 amide bonds. The molecule has 1 aromatic carbocycles. The summed E-state index contributed by atoms with van der Waals surface area (Å²) >= 11 is 2.84. The zero-order valence-electron chi connectivity index (χ0n) is 12.9. The Morgan fingerprint density at radius 3 is 2.57 bits per heavy atom. The third-order valence-corrected chi connectivity index (χ3v) is 5.21. The van der Waals surface area contributed by atoms with Crippen molar-refractivity contribution >= 4 is 33.7 Å². The Kier molecular flexibility index (Phi) is 4.78. The number of thiazole rings is 1. The number of aryl methyl sites for hydroxylation is 2. The van der Waals surface area contributed by atoms with E-state index in [9.17, 15) is 4.79 Å². The summed E-state index contributed by atoms with van der Waals surface area (Å²) in [5.41, 5.74) is 2.71. The first-order valence-corrected chi connectivity index (χ1v) is 9.07. The highest BCUT2D eigenvalue weighted by Gasteiger charge is 2.14. The van der Waals surface area contributed by atoms with Crippen molar-refractivity contribution in [2.24, 2.45) is 0 Å². The Hall–Kier alpha value is -2.12. The van der Waals surface area contributed by atoms with Crippen molar-refractivity contribution in [1.29, 1.82) is 0 Å². The average Bonchev–Trinajstić information content (AvgIpc) is 3.24. The topological polar surface area (TPSA) is 67.8 Å². The molecule has 0 aliphatic heterocycles. The van der Waals surface area contributed by atoms with Gasteiger partial charge in [0, 0.05) is 10.9 Å². The smallest absolute Gasteiger partial charge is 0.276 e. The van der Waals surface area contributed by atoms with E-state index >= 15 is 0 Å². The van der Waals surface area contributed by atoms with Gasteiger partial charge in [0.25, 0.3) is 5.91 Å². The number of nitrogens with one attached hydrogen (secondary N) is 1. The van der Waals surface area contributed by atoms with Crippen LogP contribution >= 0.6 is 22.7 Å². The molecule has 3 aromatic rings. The second-order valence-electron chi connectivity index (χ2n) is 4.90. The predicted molar refractivity (Wildman–Crippen MR) is 94.2 cm³/mol. The van der Waals surface area contributed by atoms with Gasteiger partial charge in [-0.15, -0.1) is 21.5 Å². The Morgan fingerprint density at radius 1 is 1.13 bits per heavy atom. The van der Waals surface area contributed by atoms with Crippen LogP contribution in [0.25, 0.3) is 10.6 Å². The van der Waals surface area contributed by atoms with Crippen LogP contribution < -0.4 is 5.32 Å². The third kappa shape index (κ3) is 3.62. The standard InChI is InChI=1S/C16H16N4OS2/c1-3-10-5-7-11(8-6-10)15-17-12(9-22-15)14(21)18-16-20-19-13(4-2)23-16/h5-9H,3-4H2,1-2H3,(H,18,20,21). The van der Waals surface area contributed by atoms with Gasteiger partial charge >= 0.3 is 0 Å². The highest BCUT2D eigenvalue weighted by Crippen LogP contribution is 2.25. The summed E-state index contributed by atoms with van der Waals surface area (Å²) in [5.74, 6) is -0.253. The van der Waals surface area contributed by atoms with Crippen LogP contribution in [0.15, 0.2) is 29.6 Å². The lowest BCUT2D eigenvalue weighted by atomic mass is 10.1. The summed E-state index contributed by atoms with van der Waals surface area (Å²) in [6.45, 7) is 4.13. The first kappa shape index (κ1) is 15.8. The van der Waals surface area contributed by atoms with Gasteiger partial charge in [0.05, 0.1) is 0 Å². The van der Waals surface area contributed by atoms with E-state index in [0.717, 1.165) is 28.4 Å². The van der Waals surface area contributed by atoms with E-state index in [1.54, 1.807) is 5.38 Å². The van der Waals surface area contributed by atoms with E-state index in [4.69, 9.17) is 0 Å². The largest absolute Gasteiger partial charge is 0.295 e. The number of carbonyl (C=O) groups is 1. The minimum Gasteiger partial charge on any atom is -0.295 e. The van der Waals surface area contributed by atoms with E-state index in [0.29, 0.717) is 10.8 Å². The molecule has 118 valence electrons. The first-order chi connectivity index (χ1) is 11.2. The predicted octanol–water partition coefficient (Wildman–Crippen LogP) is 4.04. The van der Waals surface area contributed by atoms with E-state index < -0.39 is 0 Å². The summed E-state index contributed by atoms with van der Waals surface area (Å²) in [5, 5.41) is 14.7. The summed E-state index contributed by atoms with van der Waals surface area (Å²) in [6.07, 6.45) is 1.82. The minimum absolute atomic E-state index is 0.253. The molecular formula is C16H16N4OS2. The van der Waals surface area contributed by atoms with Crippen molar-refractivity contribution < 1.29 is 4.79 Å². The fraction of sp³-hybridized carbons (Fsp3) is 0.250. The summed E-state index contributed by atoms with van der Waals surface area (Å²) in [4.78, 5) is 16.7. The second-order valence-corrected chi connectivity index (χ2v) is 6.82. The molecule has 7 heteroatoms. The van der Waals surface area contributed by atoms with Gasteiger partial charge in [0.1, 0.15) is 15.7 Å². The molecule has 0 saturated carbocycles. The Balaban J connectivity index is 1.73. The van der Waals surface area contributed by atoms with Crippen molar-refractivity contribution in [1.82, 2.24) is 15.2 Å². The minimum atomic E-state index is -0.253. The van der Waals surface area contributed by atoms with E-state index in [-0.39, 0.29) is 5.91 Å². The molecule has 0 unspecified atom stereocenters. The van der Waals surface area contributed by atoms with Crippen LogP contribution in [0.1, 0.15) is 34.9 Å². The molecule has 0 atom stereocenters. The van der Waals surface area contributed by atoms with Crippen molar-refractivity contribution in [3.05, 3.63) is 45.9 Å². The van der Waals surface area contributed by atoms with E-state index in [1.165, 1.54) is 28.2 Å². The quantitative estimate of drug-likeness (QED) is 0.758. The second kappa shape index (κ2) is 6.97. The van der Waals surface area contributed by atoms with Gasteiger partial charge < -0.3 is 0 Å². The van der Waals surface area contributed by atoms with Crippen LogP contribution in [-0.2, 0) is 12.8 Å². The van der Waals surface area contributed by atoms with Gasteiger partial charge in [0.15, 0.2) is 0 Å². The maximum Gasteiger partial charge on any atom is 0.276 e. The van der Waals surface area contributed by atoms with Crippen molar-refractivity contribution in [2.45, 2.75) is 26.7 Å². The number of hydrogen-bond acceptors (Lipinski definition) is 6. The van der Waals surface area contributed by atoms with Crippen LogP contribution in [-0.4, -0.2) is 21.1 Å². The van der Waals surface area contributed by atoms with Crippen molar-refractivity contribution in [2.75, 3.05) is 5.32 Å². The SMILES string of the molecule is CCc1ccc(-c2nc(C(=O)Nc3nnc(CC)s3)cs2)cc1. The lowest BCUT2D eigenvalue weighted by Crippen LogP contribution is -2.12. The number of rotatable bonds is 5. The molecule has 0 fully saturated rings. The zero-order chi connectivity index (χ0) is 16.2. The molecule has 0 aliphatic rings. The molecular weight excluding hydrogens is 328 g/mol. The number of amides is 1. The molecule has 0 aliphatic carbocycles. The highest BCUT2D eigenvalue weighted by molar-refractivity contribution is 7.15.